The second-order valence-electron chi connectivity index (χ2n) is 5.19. The summed E-state index contributed by atoms with van der Waals surface area (Å²) in [6.07, 6.45) is 0.919. The molecule has 1 saturated heterocycles. The lowest BCUT2D eigenvalue weighted by Crippen LogP contribution is -2.47. The van der Waals surface area contributed by atoms with Gasteiger partial charge in [-0.1, -0.05) is 23.2 Å². The number of carboxylic acids is 1. The first-order valence-corrected chi connectivity index (χ1v) is 7.39. The number of nitrogens with zero attached hydrogens (tertiary/aromatic N) is 1. The van der Waals surface area contributed by atoms with Gasteiger partial charge in [-0.15, -0.1) is 0 Å². The first-order valence-electron chi connectivity index (χ1n) is 6.63. The largest absolute Gasteiger partial charge is 0.481 e. The molecule has 5 nitrogen and oxygen atoms in total. The lowest BCUT2D eigenvalue weighted by atomic mass is 9.92. The maximum atomic E-state index is 12.3. The molecule has 2 amide bonds. The average molecular weight is 331 g/mol. The van der Waals surface area contributed by atoms with Gasteiger partial charge in [0.15, 0.2) is 0 Å². The van der Waals surface area contributed by atoms with E-state index in [1.54, 1.807) is 23.1 Å². The van der Waals surface area contributed by atoms with Crippen molar-refractivity contribution < 1.29 is 14.7 Å². The standard InChI is InChI=1S/C14H16Cl2N2O3/c1-8-4-9(13(19)20)2-3-18(8)14(21)17-12-6-10(15)5-11(16)7-12/h5-9H,2-4H2,1H3,(H,17,21)(H,19,20). The third-order valence-corrected chi connectivity index (χ3v) is 4.04. The van der Waals surface area contributed by atoms with Crippen molar-refractivity contribution in [3.8, 4) is 0 Å². The van der Waals surface area contributed by atoms with Gasteiger partial charge in [-0.25, -0.2) is 4.79 Å². The molecule has 0 radical (unpaired) electrons. The number of aliphatic carboxylic acids is 1. The highest BCUT2D eigenvalue weighted by molar-refractivity contribution is 6.35. The van der Waals surface area contributed by atoms with E-state index in [1.807, 2.05) is 6.92 Å². The molecule has 2 rings (SSSR count). The first kappa shape index (κ1) is 15.9. The molecular weight excluding hydrogens is 315 g/mol. The summed E-state index contributed by atoms with van der Waals surface area (Å²) in [5.74, 6) is -1.19. The van der Waals surface area contributed by atoms with Gasteiger partial charge in [0.25, 0.3) is 0 Å². The Morgan fingerprint density at radius 3 is 2.43 bits per heavy atom. The second kappa shape index (κ2) is 6.54. The van der Waals surface area contributed by atoms with Crippen LogP contribution in [0.4, 0.5) is 10.5 Å². The number of piperidine rings is 1. The van der Waals surface area contributed by atoms with Crippen molar-refractivity contribution in [3.05, 3.63) is 28.2 Å². The number of hydrogen-bond donors (Lipinski definition) is 2. The molecule has 0 aromatic heterocycles. The van der Waals surface area contributed by atoms with Gasteiger partial charge < -0.3 is 15.3 Å². The van der Waals surface area contributed by atoms with Gasteiger partial charge in [0.05, 0.1) is 5.92 Å². The minimum atomic E-state index is -0.802. The molecule has 2 unspecified atom stereocenters. The number of halogens is 2. The molecule has 1 heterocycles. The summed E-state index contributed by atoms with van der Waals surface area (Å²) in [6.45, 7) is 2.26. The predicted octanol–water partition coefficient (Wildman–Crippen LogP) is 3.71. The average Bonchev–Trinajstić information content (AvgIpc) is 2.36. The summed E-state index contributed by atoms with van der Waals surface area (Å²) in [5, 5.41) is 12.6. The van der Waals surface area contributed by atoms with Gasteiger partial charge >= 0.3 is 12.0 Å². The molecule has 0 aliphatic carbocycles. The van der Waals surface area contributed by atoms with Crippen molar-refractivity contribution in [3.63, 3.8) is 0 Å². The minimum Gasteiger partial charge on any atom is -0.481 e. The van der Waals surface area contributed by atoms with E-state index in [0.29, 0.717) is 35.1 Å². The van der Waals surface area contributed by atoms with Gasteiger partial charge in [0.2, 0.25) is 0 Å². The van der Waals surface area contributed by atoms with Gasteiger partial charge in [0, 0.05) is 28.3 Å². The van der Waals surface area contributed by atoms with Crippen LogP contribution < -0.4 is 5.32 Å². The smallest absolute Gasteiger partial charge is 0.322 e. The fourth-order valence-corrected chi connectivity index (χ4v) is 3.05. The lowest BCUT2D eigenvalue weighted by molar-refractivity contribution is -0.143. The number of hydrogen-bond acceptors (Lipinski definition) is 2. The van der Waals surface area contributed by atoms with Crippen LogP contribution in [-0.4, -0.2) is 34.6 Å². The van der Waals surface area contributed by atoms with E-state index >= 15 is 0 Å². The molecule has 1 fully saturated rings. The number of anilines is 1. The van der Waals surface area contributed by atoms with Crippen LogP contribution in [0.25, 0.3) is 0 Å². The summed E-state index contributed by atoms with van der Waals surface area (Å²) < 4.78 is 0. The quantitative estimate of drug-likeness (QED) is 0.868. The van der Waals surface area contributed by atoms with E-state index in [4.69, 9.17) is 28.3 Å². The highest BCUT2D eigenvalue weighted by atomic mass is 35.5. The van der Waals surface area contributed by atoms with Crippen molar-refractivity contribution in [2.75, 3.05) is 11.9 Å². The molecule has 1 aromatic carbocycles. The highest BCUT2D eigenvalue weighted by Crippen LogP contribution is 2.26. The predicted molar refractivity (Wildman–Crippen MR) is 82.0 cm³/mol. The van der Waals surface area contributed by atoms with Crippen molar-refractivity contribution in [2.45, 2.75) is 25.8 Å². The number of carbonyl (C=O) groups excluding carboxylic acids is 1. The number of nitrogens with one attached hydrogen (secondary N) is 1. The Morgan fingerprint density at radius 1 is 1.29 bits per heavy atom. The zero-order valence-corrected chi connectivity index (χ0v) is 13.0. The summed E-state index contributed by atoms with van der Waals surface area (Å²) in [4.78, 5) is 24.9. The summed E-state index contributed by atoms with van der Waals surface area (Å²) in [7, 11) is 0. The molecule has 0 saturated carbocycles. The number of rotatable bonds is 2. The third kappa shape index (κ3) is 4.02. The van der Waals surface area contributed by atoms with Crippen LogP contribution in [-0.2, 0) is 4.79 Å². The van der Waals surface area contributed by atoms with Crippen LogP contribution in [0.5, 0.6) is 0 Å². The molecular formula is C14H16Cl2N2O3. The Morgan fingerprint density at radius 2 is 1.90 bits per heavy atom. The van der Waals surface area contributed by atoms with E-state index in [1.165, 1.54) is 0 Å². The summed E-state index contributed by atoms with van der Waals surface area (Å²) in [5.41, 5.74) is 0.519. The lowest BCUT2D eigenvalue weighted by Gasteiger charge is -2.36. The molecule has 1 aliphatic heterocycles. The van der Waals surface area contributed by atoms with Crippen LogP contribution in [0.3, 0.4) is 0 Å². The SMILES string of the molecule is CC1CC(C(=O)O)CCN1C(=O)Nc1cc(Cl)cc(Cl)c1. The Bertz CT molecular complexity index is 545. The van der Waals surface area contributed by atoms with E-state index in [-0.39, 0.29) is 18.0 Å². The maximum Gasteiger partial charge on any atom is 0.322 e. The van der Waals surface area contributed by atoms with Crippen molar-refractivity contribution >= 4 is 40.9 Å². The fraction of sp³-hybridized carbons (Fsp3) is 0.429. The molecule has 21 heavy (non-hydrogen) atoms. The zero-order valence-electron chi connectivity index (χ0n) is 11.5. The number of carbonyl (C=O) groups is 2. The van der Waals surface area contributed by atoms with Crippen molar-refractivity contribution in [1.29, 1.82) is 0 Å². The van der Waals surface area contributed by atoms with E-state index in [0.717, 1.165) is 0 Å². The molecule has 2 N–H and O–H groups in total. The zero-order chi connectivity index (χ0) is 15.6. The van der Waals surface area contributed by atoms with E-state index in [2.05, 4.69) is 5.32 Å². The highest BCUT2D eigenvalue weighted by Gasteiger charge is 2.32. The summed E-state index contributed by atoms with van der Waals surface area (Å²) in [6, 6.07) is 4.40. The van der Waals surface area contributed by atoms with Crippen molar-refractivity contribution in [1.82, 2.24) is 4.90 Å². The Balaban J connectivity index is 2.02. The van der Waals surface area contributed by atoms with Crippen LogP contribution in [0.15, 0.2) is 18.2 Å². The molecule has 114 valence electrons. The molecule has 7 heteroatoms. The normalized spacial score (nSPS) is 22.0. The van der Waals surface area contributed by atoms with Crippen molar-refractivity contribution in [2.24, 2.45) is 5.92 Å². The van der Waals surface area contributed by atoms with Crippen LogP contribution >= 0.6 is 23.2 Å². The maximum absolute atomic E-state index is 12.3. The Labute approximate surface area is 132 Å². The number of benzene rings is 1. The van der Waals surface area contributed by atoms with Gasteiger partial charge in [-0.05, 0) is 38.0 Å². The Hall–Kier alpha value is -1.46. The molecule has 0 bridgehead atoms. The molecule has 2 atom stereocenters. The second-order valence-corrected chi connectivity index (χ2v) is 6.06. The van der Waals surface area contributed by atoms with Gasteiger partial charge in [-0.2, -0.15) is 0 Å². The van der Waals surface area contributed by atoms with E-state index < -0.39 is 5.97 Å². The fourth-order valence-electron chi connectivity index (χ4n) is 2.52. The number of likely N-dealkylation sites (tertiary alicyclic amines) is 1. The van der Waals surface area contributed by atoms with Gasteiger partial charge in [-0.3, -0.25) is 4.79 Å². The molecule has 1 aromatic rings. The number of carboxylic acid groups (broad SMARTS) is 1. The third-order valence-electron chi connectivity index (χ3n) is 3.60. The van der Waals surface area contributed by atoms with Crippen LogP contribution in [0.1, 0.15) is 19.8 Å². The van der Waals surface area contributed by atoms with Crippen LogP contribution in [0, 0.1) is 5.92 Å². The minimum absolute atomic E-state index is 0.130. The summed E-state index contributed by atoms with van der Waals surface area (Å²) >= 11 is 11.8. The number of amides is 2. The first-order chi connectivity index (χ1) is 9.86. The number of urea groups is 1. The topological polar surface area (TPSA) is 69.6 Å². The monoisotopic (exact) mass is 330 g/mol. The van der Waals surface area contributed by atoms with E-state index in [9.17, 15) is 9.59 Å². The van der Waals surface area contributed by atoms with Crippen LogP contribution in [0.2, 0.25) is 10.0 Å². The molecule has 0 spiro atoms. The Kier molecular flexibility index (Phi) is 4.96. The van der Waals surface area contributed by atoms with Gasteiger partial charge in [0.1, 0.15) is 0 Å². The molecule has 1 aliphatic rings.